The summed E-state index contributed by atoms with van der Waals surface area (Å²) in [5, 5.41) is 14.2. The molecule has 1 heterocycles. The number of rotatable bonds is 5. The SMILES string of the molecule is O=C(C[n+]1ccc(C=NO)cc1)NCc1ccccc1.[Cl-]. The standard InChI is InChI=1S/C15H15N3O2.ClH/c19-15(16-10-13-4-2-1-3-5-13)12-18-8-6-14(7-9-18)11-17-20;/h1-9,11H,10,12H2,(H,16,19);1H. The number of hydrogen-bond donors (Lipinski definition) is 2. The maximum absolute atomic E-state index is 11.8. The van der Waals surface area contributed by atoms with Crippen LogP contribution in [0.25, 0.3) is 0 Å². The lowest BCUT2D eigenvalue weighted by Gasteiger charge is -2.03. The summed E-state index contributed by atoms with van der Waals surface area (Å²) in [4.78, 5) is 11.8. The van der Waals surface area contributed by atoms with Gasteiger partial charge in [0.2, 0.25) is 6.54 Å². The van der Waals surface area contributed by atoms with E-state index in [1.807, 2.05) is 30.3 Å². The van der Waals surface area contributed by atoms with E-state index < -0.39 is 0 Å². The fraction of sp³-hybridized carbons (Fsp3) is 0.133. The second-order valence-corrected chi connectivity index (χ2v) is 4.31. The van der Waals surface area contributed by atoms with E-state index in [0.29, 0.717) is 6.54 Å². The minimum Gasteiger partial charge on any atom is -1.00 e. The van der Waals surface area contributed by atoms with Crippen molar-refractivity contribution in [2.45, 2.75) is 13.1 Å². The summed E-state index contributed by atoms with van der Waals surface area (Å²) in [6.07, 6.45) is 4.86. The molecule has 0 bridgehead atoms. The van der Waals surface area contributed by atoms with Crippen LogP contribution in [-0.4, -0.2) is 17.3 Å². The molecule has 2 N–H and O–H groups in total. The van der Waals surface area contributed by atoms with Crippen molar-refractivity contribution in [2.24, 2.45) is 5.16 Å². The normalized spacial score (nSPS) is 10.1. The number of carbonyl (C=O) groups is 1. The number of hydrogen-bond acceptors (Lipinski definition) is 3. The Bertz CT molecular complexity index is 586. The average Bonchev–Trinajstić information content (AvgIpc) is 2.49. The molecule has 1 aromatic carbocycles. The first-order valence-corrected chi connectivity index (χ1v) is 6.25. The Morgan fingerprint density at radius 3 is 2.48 bits per heavy atom. The molecule has 0 aliphatic rings. The van der Waals surface area contributed by atoms with Crippen molar-refractivity contribution in [2.75, 3.05) is 0 Å². The van der Waals surface area contributed by atoms with Crippen LogP contribution in [0.2, 0.25) is 0 Å². The summed E-state index contributed by atoms with van der Waals surface area (Å²) in [6.45, 7) is 0.777. The maximum Gasteiger partial charge on any atom is 0.286 e. The smallest absolute Gasteiger partial charge is 0.286 e. The van der Waals surface area contributed by atoms with Gasteiger partial charge < -0.3 is 22.9 Å². The van der Waals surface area contributed by atoms with Gasteiger partial charge in [0.1, 0.15) is 0 Å². The second kappa shape index (κ2) is 8.71. The first-order chi connectivity index (χ1) is 9.78. The highest BCUT2D eigenvalue weighted by Gasteiger charge is 2.08. The molecule has 110 valence electrons. The monoisotopic (exact) mass is 305 g/mol. The number of pyridine rings is 1. The van der Waals surface area contributed by atoms with Crippen molar-refractivity contribution in [3.05, 3.63) is 66.0 Å². The van der Waals surface area contributed by atoms with E-state index in [1.54, 1.807) is 29.1 Å². The van der Waals surface area contributed by atoms with Crippen molar-refractivity contribution in [1.82, 2.24) is 5.32 Å². The lowest BCUT2D eigenvalue weighted by molar-refractivity contribution is -0.684. The van der Waals surface area contributed by atoms with Crippen LogP contribution in [0.3, 0.4) is 0 Å². The van der Waals surface area contributed by atoms with Crippen LogP contribution in [-0.2, 0) is 17.9 Å². The molecule has 2 rings (SSSR count). The first-order valence-electron chi connectivity index (χ1n) is 6.25. The van der Waals surface area contributed by atoms with Crippen molar-refractivity contribution in [3.63, 3.8) is 0 Å². The minimum absolute atomic E-state index is 0. The molecular weight excluding hydrogens is 290 g/mol. The van der Waals surface area contributed by atoms with Gasteiger partial charge in [-0.25, -0.2) is 0 Å². The molecule has 0 saturated carbocycles. The van der Waals surface area contributed by atoms with E-state index in [4.69, 9.17) is 5.21 Å². The third-order valence-corrected chi connectivity index (χ3v) is 2.78. The highest BCUT2D eigenvalue weighted by atomic mass is 35.5. The average molecular weight is 306 g/mol. The Kier molecular flexibility index (Phi) is 6.91. The summed E-state index contributed by atoms with van der Waals surface area (Å²) in [7, 11) is 0. The quantitative estimate of drug-likeness (QED) is 0.293. The molecule has 0 atom stereocenters. The number of nitrogens with one attached hydrogen (secondary N) is 1. The zero-order valence-corrected chi connectivity index (χ0v) is 12.1. The van der Waals surface area contributed by atoms with Crippen molar-refractivity contribution >= 4 is 12.1 Å². The predicted molar refractivity (Wildman–Crippen MR) is 74.3 cm³/mol. The number of halogens is 1. The van der Waals surface area contributed by atoms with E-state index in [0.717, 1.165) is 11.1 Å². The van der Waals surface area contributed by atoms with Crippen LogP contribution in [0.4, 0.5) is 0 Å². The van der Waals surface area contributed by atoms with Gasteiger partial charge in [-0.2, -0.15) is 4.57 Å². The lowest BCUT2D eigenvalue weighted by atomic mass is 10.2. The molecule has 1 aromatic heterocycles. The Balaban J connectivity index is 0.00000220. The molecule has 5 nitrogen and oxygen atoms in total. The Labute approximate surface area is 129 Å². The topological polar surface area (TPSA) is 65.6 Å². The first kappa shape index (κ1) is 16.7. The summed E-state index contributed by atoms with van der Waals surface area (Å²) in [6, 6.07) is 13.3. The van der Waals surface area contributed by atoms with Gasteiger partial charge in [0.25, 0.3) is 5.91 Å². The molecule has 1 amide bonds. The second-order valence-electron chi connectivity index (χ2n) is 4.31. The number of oxime groups is 1. The number of aromatic nitrogens is 1. The molecule has 6 heteroatoms. The summed E-state index contributed by atoms with van der Waals surface area (Å²) in [5.41, 5.74) is 1.84. The van der Waals surface area contributed by atoms with Gasteiger partial charge in [-0.05, 0) is 5.56 Å². The van der Waals surface area contributed by atoms with Gasteiger partial charge in [-0.1, -0.05) is 35.5 Å². The summed E-state index contributed by atoms with van der Waals surface area (Å²) in [5.74, 6) is -0.0533. The molecule has 2 aromatic rings. The van der Waals surface area contributed by atoms with E-state index in [2.05, 4.69) is 10.5 Å². The number of carbonyl (C=O) groups excluding carboxylic acids is 1. The molecule has 0 unspecified atom stereocenters. The fourth-order valence-corrected chi connectivity index (χ4v) is 1.75. The van der Waals surface area contributed by atoms with Crippen molar-refractivity contribution in [1.29, 1.82) is 0 Å². The van der Waals surface area contributed by atoms with Crippen molar-refractivity contribution in [3.8, 4) is 0 Å². The van der Waals surface area contributed by atoms with Crippen LogP contribution >= 0.6 is 0 Å². The van der Waals surface area contributed by atoms with Crippen LogP contribution in [0, 0.1) is 0 Å². The molecule has 0 fully saturated rings. The largest absolute Gasteiger partial charge is 1.00 e. The van der Waals surface area contributed by atoms with Crippen LogP contribution in [0.15, 0.2) is 60.0 Å². The molecule has 0 saturated heterocycles. The van der Waals surface area contributed by atoms with Crippen LogP contribution < -0.4 is 22.3 Å². The van der Waals surface area contributed by atoms with Gasteiger partial charge in [0, 0.05) is 24.2 Å². The number of nitrogens with zero attached hydrogens (tertiary/aromatic N) is 2. The fourth-order valence-electron chi connectivity index (χ4n) is 1.75. The Morgan fingerprint density at radius 2 is 1.86 bits per heavy atom. The Morgan fingerprint density at radius 1 is 1.19 bits per heavy atom. The maximum atomic E-state index is 11.8. The predicted octanol–water partition coefficient (Wildman–Crippen LogP) is -1.90. The van der Waals surface area contributed by atoms with Crippen LogP contribution in [0.1, 0.15) is 11.1 Å². The number of benzene rings is 1. The van der Waals surface area contributed by atoms with Gasteiger partial charge >= 0.3 is 0 Å². The summed E-state index contributed by atoms with van der Waals surface area (Å²) >= 11 is 0. The summed E-state index contributed by atoms with van der Waals surface area (Å²) < 4.78 is 1.76. The highest BCUT2D eigenvalue weighted by molar-refractivity contribution is 5.78. The Hall–Kier alpha value is -2.40. The van der Waals surface area contributed by atoms with Crippen molar-refractivity contribution < 1.29 is 27.0 Å². The molecule has 0 aliphatic carbocycles. The van der Waals surface area contributed by atoms with E-state index in [-0.39, 0.29) is 24.9 Å². The van der Waals surface area contributed by atoms with E-state index >= 15 is 0 Å². The van der Waals surface area contributed by atoms with Gasteiger partial charge in [0.15, 0.2) is 12.4 Å². The molecule has 0 spiro atoms. The number of amides is 1. The minimum atomic E-state index is -0.0533. The van der Waals surface area contributed by atoms with Gasteiger partial charge in [0.05, 0.1) is 6.21 Å². The third-order valence-electron chi connectivity index (χ3n) is 2.78. The van der Waals surface area contributed by atoms with Gasteiger partial charge in [-0.3, -0.25) is 4.79 Å². The van der Waals surface area contributed by atoms with E-state index in [9.17, 15) is 4.79 Å². The third kappa shape index (κ3) is 5.62. The zero-order valence-electron chi connectivity index (χ0n) is 11.3. The molecular formula is C15H16ClN3O2. The molecule has 0 aliphatic heterocycles. The van der Waals surface area contributed by atoms with Gasteiger partial charge in [-0.15, -0.1) is 0 Å². The lowest BCUT2D eigenvalue weighted by Crippen LogP contribution is -3.00. The molecule has 0 radical (unpaired) electrons. The van der Waals surface area contributed by atoms with E-state index in [1.165, 1.54) is 6.21 Å². The van der Waals surface area contributed by atoms with Crippen LogP contribution in [0.5, 0.6) is 0 Å². The highest BCUT2D eigenvalue weighted by Crippen LogP contribution is 1.97. The zero-order chi connectivity index (χ0) is 14.2. The molecule has 21 heavy (non-hydrogen) atoms.